The molecule has 1 aliphatic heterocycles. The molecule has 4 heteroatoms. The molecule has 0 aromatic rings. The van der Waals surface area contributed by atoms with Crippen molar-refractivity contribution in [2.24, 2.45) is 11.6 Å². The Morgan fingerprint density at radius 3 is 2.50 bits per heavy atom. The van der Waals surface area contributed by atoms with Gasteiger partial charge in [-0.25, -0.2) is 5.43 Å². The molecule has 8 heavy (non-hydrogen) atoms. The van der Waals surface area contributed by atoms with E-state index in [9.17, 15) is 0 Å². The number of nitrogens with two attached hydrogens (primary N) is 2. The Morgan fingerprint density at radius 1 is 1.88 bits per heavy atom. The van der Waals surface area contributed by atoms with Crippen LogP contribution in [-0.2, 0) is 0 Å². The number of hydrogen-bond donors (Lipinski definition) is 3. The second-order valence-electron chi connectivity index (χ2n) is 2.16. The van der Waals surface area contributed by atoms with Gasteiger partial charge in [0.15, 0.2) is 0 Å². The van der Waals surface area contributed by atoms with E-state index in [1.165, 1.54) is 5.12 Å². The van der Waals surface area contributed by atoms with E-state index in [0.29, 0.717) is 0 Å². The lowest BCUT2D eigenvalue weighted by Gasteiger charge is -2.46. The van der Waals surface area contributed by atoms with Gasteiger partial charge in [0.2, 0.25) is 0 Å². The molecular weight excluding hydrogens is 104 g/mol. The first kappa shape index (κ1) is 5.97. The molecule has 0 aromatic carbocycles. The highest BCUT2D eigenvalue weighted by atomic mass is 15.8. The summed E-state index contributed by atoms with van der Waals surface area (Å²) in [6.07, 6.45) is 0.885. The van der Waals surface area contributed by atoms with Crippen LogP contribution in [0.3, 0.4) is 0 Å². The molecule has 1 fully saturated rings. The highest BCUT2D eigenvalue weighted by Crippen LogP contribution is 2.12. The third kappa shape index (κ3) is 0.621. The first-order valence-corrected chi connectivity index (χ1v) is 2.76. The molecule has 1 atom stereocenters. The summed E-state index contributed by atoms with van der Waals surface area (Å²) < 4.78 is 0. The Kier molecular flexibility index (Phi) is 1.24. The van der Waals surface area contributed by atoms with Gasteiger partial charge in [0.1, 0.15) is 5.66 Å². The lowest BCUT2D eigenvalue weighted by molar-refractivity contribution is -0.0663. The highest BCUT2D eigenvalue weighted by molar-refractivity contribution is 4.87. The fraction of sp³-hybridized carbons (Fsp3) is 1.00. The van der Waals surface area contributed by atoms with E-state index in [-0.39, 0.29) is 5.66 Å². The summed E-state index contributed by atoms with van der Waals surface area (Å²) >= 11 is 0. The summed E-state index contributed by atoms with van der Waals surface area (Å²) in [6, 6.07) is 0. The Labute approximate surface area is 48.8 Å². The number of rotatable bonds is 1. The van der Waals surface area contributed by atoms with E-state index in [2.05, 4.69) is 5.43 Å². The quantitative estimate of drug-likeness (QED) is 0.374. The van der Waals surface area contributed by atoms with Crippen molar-refractivity contribution in [2.45, 2.75) is 19.0 Å². The van der Waals surface area contributed by atoms with Crippen LogP contribution in [0, 0.1) is 0 Å². The molecule has 1 saturated heterocycles. The molecule has 1 unspecified atom stereocenters. The molecule has 0 radical (unpaired) electrons. The second-order valence-corrected chi connectivity index (χ2v) is 2.16. The van der Waals surface area contributed by atoms with E-state index in [4.69, 9.17) is 11.6 Å². The van der Waals surface area contributed by atoms with Gasteiger partial charge >= 0.3 is 0 Å². The van der Waals surface area contributed by atoms with Crippen molar-refractivity contribution in [3.05, 3.63) is 0 Å². The normalized spacial score (nSPS) is 39.4. The minimum absolute atomic E-state index is 0.278. The van der Waals surface area contributed by atoms with Gasteiger partial charge in [-0.1, -0.05) is 6.92 Å². The SMILES string of the molecule is CCC1(N)CNN1N. The molecule has 0 saturated carbocycles. The number of hydrogen-bond acceptors (Lipinski definition) is 4. The molecular formula is C4H12N4. The number of hydrazine groups is 2. The Bertz CT molecular complexity index is 90.0. The van der Waals surface area contributed by atoms with Crippen LogP contribution in [0.4, 0.5) is 0 Å². The summed E-state index contributed by atoms with van der Waals surface area (Å²) in [5, 5.41) is 1.45. The molecule has 1 heterocycles. The van der Waals surface area contributed by atoms with Gasteiger partial charge in [0.05, 0.1) is 0 Å². The zero-order valence-corrected chi connectivity index (χ0v) is 5.02. The maximum Gasteiger partial charge on any atom is 0.111 e. The van der Waals surface area contributed by atoms with E-state index < -0.39 is 0 Å². The maximum absolute atomic E-state index is 5.68. The molecule has 0 aliphatic carbocycles. The van der Waals surface area contributed by atoms with Crippen molar-refractivity contribution < 1.29 is 0 Å². The van der Waals surface area contributed by atoms with Crippen LogP contribution in [0.2, 0.25) is 0 Å². The van der Waals surface area contributed by atoms with Gasteiger partial charge < -0.3 is 5.73 Å². The van der Waals surface area contributed by atoms with Crippen LogP contribution in [-0.4, -0.2) is 17.3 Å². The van der Waals surface area contributed by atoms with Crippen molar-refractivity contribution >= 4 is 0 Å². The molecule has 0 amide bonds. The summed E-state index contributed by atoms with van der Waals surface area (Å²) in [7, 11) is 0. The predicted molar refractivity (Wildman–Crippen MR) is 31.2 cm³/mol. The average molecular weight is 116 g/mol. The van der Waals surface area contributed by atoms with Crippen molar-refractivity contribution in [3.63, 3.8) is 0 Å². The van der Waals surface area contributed by atoms with Gasteiger partial charge in [-0.15, -0.1) is 0 Å². The third-order valence-electron chi connectivity index (χ3n) is 1.65. The van der Waals surface area contributed by atoms with Gasteiger partial charge in [-0.05, 0) is 6.42 Å². The van der Waals surface area contributed by atoms with Crippen molar-refractivity contribution in [2.75, 3.05) is 6.54 Å². The van der Waals surface area contributed by atoms with Gasteiger partial charge in [-0.2, -0.15) is 5.12 Å². The molecule has 0 bridgehead atoms. The molecule has 0 spiro atoms. The highest BCUT2D eigenvalue weighted by Gasteiger charge is 2.37. The van der Waals surface area contributed by atoms with Crippen LogP contribution in [0.25, 0.3) is 0 Å². The Morgan fingerprint density at radius 2 is 2.50 bits per heavy atom. The van der Waals surface area contributed by atoms with Crippen molar-refractivity contribution in [1.82, 2.24) is 10.5 Å². The van der Waals surface area contributed by atoms with Crippen LogP contribution in [0.1, 0.15) is 13.3 Å². The molecule has 5 N–H and O–H groups in total. The van der Waals surface area contributed by atoms with Crippen LogP contribution in [0.15, 0.2) is 0 Å². The Balaban J connectivity index is 2.42. The lowest BCUT2D eigenvalue weighted by atomic mass is 10.1. The summed E-state index contributed by atoms with van der Waals surface area (Å²) in [6.45, 7) is 2.81. The number of nitrogens with one attached hydrogen (secondary N) is 1. The fourth-order valence-electron chi connectivity index (χ4n) is 0.669. The molecule has 0 aromatic heterocycles. The smallest absolute Gasteiger partial charge is 0.111 e. The standard InChI is InChI=1S/C4H12N4/c1-2-4(5)3-7-8(4)6/h7H,2-3,5-6H2,1H3. The third-order valence-corrected chi connectivity index (χ3v) is 1.65. The van der Waals surface area contributed by atoms with Gasteiger partial charge in [0, 0.05) is 6.54 Å². The zero-order chi connectivity index (χ0) is 6.20. The number of nitrogens with zero attached hydrogens (tertiary/aromatic N) is 1. The van der Waals surface area contributed by atoms with E-state index in [1.54, 1.807) is 0 Å². The van der Waals surface area contributed by atoms with Crippen LogP contribution in [0.5, 0.6) is 0 Å². The molecule has 4 nitrogen and oxygen atoms in total. The van der Waals surface area contributed by atoms with Crippen LogP contribution < -0.4 is 17.0 Å². The van der Waals surface area contributed by atoms with E-state index >= 15 is 0 Å². The lowest BCUT2D eigenvalue weighted by Crippen LogP contribution is -2.78. The molecule has 1 rings (SSSR count). The first-order valence-electron chi connectivity index (χ1n) is 2.76. The largest absolute Gasteiger partial charge is 0.310 e. The summed E-state index contributed by atoms with van der Waals surface area (Å²) in [5.41, 5.74) is 8.24. The summed E-state index contributed by atoms with van der Waals surface area (Å²) in [4.78, 5) is 0. The van der Waals surface area contributed by atoms with Gasteiger partial charge in [0.25, 0.3) is 0 Å². The summed E-state index contributed by atoms with van der Waals surface area (Å²) in [5.74, 6) is 5.36. The monoisotopic (exact) mass is 116 g/mol. The minimum atomic E-state index is -0.278. The predicted octanol–water partition coefficient (Wildman–Crippen LogP) is -1.25. The fourth-order valence-corrected chi connectivity index (χ4v) is 0.669. The zero-order valence-electron chi connectivity index (χ0n) is 5.02. The molecule has 48 valence electrons. The maximum atomic E-state index is 5.68. The minimum Gasteiger partial charge on any atom is -0.310 e. The van der Waals surface area contributed by atoms with Crippen molar-refractivity contribution in [1.29, 1.82) is 0 Å². The van der Waals surface area contributed by atoms with Crippen LogP contribution >= 0.6 is 0 Å². The molecule has 1 aliphatic rings. The van der Waals surface area contributed by atoms with Gasteiger partial charge in [-0.3, -0.25) is 5.84 Å². The Hall–Kier alpha value is -0.160. The van der Waals surface area contributed by atoms with E-state index in [1.807, 2.05) is 6.92 Å². The average Bonchev–Trinajstić information content (AvgIpc) is 1.83. The van der Waals surface area contributed by atoms with E-state index in [0.717, 1.165) is 13.0 Å². The second kappa shape index (κ2) is 1.66. The van der Waals surface area contributed by atoms with Crippen molar-refractivity contribution in [3.8, 4) is 0 Å². The first-order chi connectivity index (χ1) is 3.69. The topological polar surface area (TPSA) is 67.3 Å².